The summed E-state index contributed by atoms with van der Waals surface area (Å²) in [6, 6.07) is 0. The van der Waals surface area contributed by atoms with Gasteiger partial charge in [-0.15, -0.1) is 0 Å². The predicted molar refractivity (Wildman–Crippen MR) is 64.7 cm³/mol. The van der Waals surface area contributed by atoms with Crippen LogP contribution in [0.5, 0.6) is 0 Å². The van der Waals surface area contributed by atoms with Crippen molar-refractivity contribution in [3.63, 3.8) is 0 Å². The van der Waals surface area contributed by atoms with Crippen LogP contribution < -0.4 is 0 Å². The maximum atomic E-state index is 12.2. The van der Waals surface area contributed by atoms with Crippen molar-refractivity contribution in [2.45, 2.75) is 59.8 Å². The first-order valence-corrected chi connectivity index (χ1v) is 6.56. The Labute approximate surface area is 94.6 Å². The van der Waals surface area contributed by atoms with E-state index >= 15 is 0 Å². The van der Waals surface area contributed by atoms with Gasteiger partial charge in [0.25, 0.3) is 0 Å². The summed E-state index contributed by atoms with van der Waals surface area (Å²) in [4.78, 5) is 12.2. The van der Waals surface area contributed by atoms with Gasteiger partial charge in [-0.25, -0.2) is 0 Å². The van der Waals surface area contributed by atoms with Gasteiger partial charge in [-0.2, -0.15) is 0 Å². The molecular formula is C14H26O. The molecule has 1 nitrogen and oxygen atoms in total. The van der Waals surface area contributed by atoms with E-state index in [1.807, 2.05) is 13.8 Å². The second kappa shape index (κ2) is 5.67. The van der Waals surface area contributed by atoms with Crippen LogP contribution in [0.15, 0.2) is 0 Å². The minimum atomic E-state index is 0.217. The Morgan fingerprint density at radius 2 is 1.67 bits per heavy atom. The van der Waals surface area contributed by atoms with E-state index in [4.69, 9.17) is 0 Å². The minimum absolute atomic E-state index is 0.217. The van der Waals surface area contributed by atoms with Crippen molar-refractivity contribution in [3.8, 4) is 0 Å². The number of rotatable bonds is 5. The Hall–Kier alpha value is -0.330. The van der Waals surface area contributed by atoms with E-state index in [1.54, 1.807) is 0 Å². The first kappa shape index (κ1) is 12.7. The Bertz CT molecular complexity index is 199. The molecule has 0 saturated heterocycles. The second-order valence-corrected chi connectivity index (χ2v) is 5.84. The van der Waals surface area contributed by atoms with Crippen LogP contribution in [0.1, 0.15) is 59.8 Å². The molecule has 0 radical (unpaired) electrons. The van der Waals surface area contributed by atoms with E-state index in [0.717, 1.165) is 6.42 Å². The van der Waals surface area contributed by atoms with Crippen molar-refractivity contribution < 1.29 is 4.79 Å². The van der Waals surface area contributed by atoms with Crippen LogP contribution in [0.25, 0.3) is 0 Å². The Morgan fingerprint density at radius 3 is 2.07 bits per heavy atom. The fourth-order valence-electron chi connectivity index (χ4n) is 2.84. The molecule has 1 heteroatoms. The number of carbonyl (C=O) groups is 1. The molecule has 1 rings (SSSR count). The lowest BCUT2D eigenvalue weighted by atomic mass is 9.78. The molecule has 1 aliphatic rings. The predicted octanol–water partition coefficient (Wildman–Crippen LogP) is 4.06. The molecule has 1 fully saturated rings. The molecule has 0 bridgehead atoms. The zero-order valence-corrected chi connectivity index (χ0v) is 10.8. The van der Waals surface area contributed by atoms with Crippen LogP contribution in [0.2, 0.25) is 0 Å². The number of hydrogen-bond donors (Lipinski definition) is 0. The molecule has 0 amide bonds. The third-order valence-electron chi connectivity index (χ3n) is 3.63. The molecule has 1 atom stereocenters. The van der Waals surface area contributed by atoms with E-state index in [0.29, 0.717) is 23.5 Å². The van der Waals surface area contributed by atoms with E-state index in [9.17, 15) is 4.79 Å². The molecular weight excluding hydrogens is 184 g/mol. The van der Waals surface area contributed by atoms with Gasteiger partial charge in [-0.05, 0) is 31.1 Å². The van der Waals surface area contributed by atoms with Crippen LogP contribution in [-0.4, -0.2) is 5.78 Å². The molecule has 0 spiro atoms. The van der Waals surface area contributed by atoms with Crippen LogP contribution >= 0.6 is 0 Å². The standard InChI is InChI=1S/C14H26O/c1-10(2)9-13(14(15)11(3)4)12-7-5-6-8-12/h10-13H,5-9H2,1-4H3/t13-/m0/s1. The monoisotopic (exact) mass is 210 g/mol. The number of carbonyl (C=O) groups excluding carboxylic acids is 1. The average Bonchev–Trinajstić information content (AvgIpc) is 2.65. The highest BCUT2D eigenvalue weighted by Crippen LogP contribution is 2.36. The van der Waals surface area contributed by atoms with Crippen LogP contribution in [0.4, 0.5) is 0 Å². The fourth-order valence-corrected chi connectivity index (χ4v) is 2.84. The van der Waals surface area contributed by atoms with E-state index in [1.165, 1.54) is 25.7 Å². The van der Waals surface area contributed by atoms with Crippen molar-refractivity contribution >= 4 is 5.78 Å². The highest BCUT2D eigenvalue weighted by atomic mass is 16.1. The van der Waals surface area contributed by atoms with E-state index in [2.05, 4.69) is 13.8 Å². The third-order valence-corrected chi connectivity index (χ3v) is 3.63. The fraction of sp³-hybridized carbons (Fsp3) is 0.929. The Morgan fingerprint density at radius 1 is 1.13 bits per heavy atom. The Balaban J connectivity index is 2.63. The molecule has 0 aliphatic heterocycles. The first-order chi connectivity index (χ1) is 7.02. The first-order valence-electron chi connectivity index (χ1n) is 6.56. The number of Topliss-reactive ketones (excluding diaryl/α,β-unsaturated/α-hetero) is 1. The summed E-state index contributed by atoms with van der Waals surface area (Å²) in [6.45, 7) is 8.56. The van der Waals surface area contributed by atoms with Gasteiger partial charge in [-0.1, -0.05) is 40.5 Å². The van der Waals surface area contributed by atoms with Crippen molar-refractivity contribution in [3.05, 3.63) is 0 Å². The Kier molecular flexibility index (Phi) is 4.82. The molecule has 1 saturated carbocycles. The van der Waals surface area contributed by atoms with Crippen molar-refractivity contribution in [2.24, 2.45) is 23.7 Å². The smallest absolute Gasteiger partial charge is 0.138 e. The SMILES string of the molecule is CC(C)C[C@H](C(=O)C(C)C)C1CCCC1. The van der Waals surface area contributed by atoms with Gasteiger partial charge < -0.3 is 0 Å². The molecule has 0 aromatic rings. The van der Waals surface area contributed by atoms with Crippen molar-refractivity contribution in [1.82, 2.24) is 0 Å². The highest BCUT2D eigenvalue weighted by Gasteiger charge is 2.31. The van der Waals surface area contributed by atoms with Crippen LogP contribution in [-0.2, 0) is 4.79 Å². The third kappa shape index (κ3) is 3.62. The molecule has 15 heavy (non-hydrogen) atoms. The summed E-state index contributed by atoms with van der Waals surface area (Å²) >= 11 is 0. The lowest BCUT2D eigenvalue weighted by Gasteiger charge is -2.25. The second-order valence-electron chi connectivity index (χ2n) is 5.84. The molecule has 1 aliphatic carbocycles. The molecule has 0 aromatic heterocycles. The summed E-state index contributed by atoms with van der Waals surface area (Å²) in [5.41, 5.74) is 0. The topological polar surface area (TPSA) is 17.1 Å². The minimum Gasteiger partial charge on any atom is -0.299 e. The number of hydrogen-bond acceptors (Lipinski definition) is 1. The zero-order valence-electron chi connectivity index (χ0n) is 10.8. The normalized spacial score (nSPS) is 20.1. The lowest BCUT2D eigenvalue weighted by molar-refractivity contribution is -0.128. The number of ketones is 1. The molecule has 0 aromatic carbocycles. The molecule has 0 unspecified atom stereocenters. The van der Waals surface area contributed by atoms with Gasteiger partial charge in [0.15, 0.2) is 0 Å². The van der Waals surface area contributed by atoms with E-state index in [-0.39, 0.29) is 5.92 Å². The van der Waals surface area contributed by atoms with Gasteiger partial charge in [0.2, 0.25) is 0 Å². The van der Waals surface area contributed by atoms with Crippen molar-refractivity contribution in [1.29, 1.82) is 0 Å². The van der Waals surface area contributed by atoms with Gasteiger partial charge in [0.1, 0.15) is 5.78 Å². The van der Waals surface area contributed by atoms with Gasteiger partial charge in [0, 0.05) is 11.8 Å². The highest BCUT2D eigenvalue weighted by molar-refractivity contribution is 5.83. The quantitative estimate of drug-likeness (QED) is 0.668. The largest absolute Gasteiger partial charge is 0.299 e. The van der Waals surface area contributed by atoms with Gasteiger partial charge >= 0.3 is 0 Å². The van der Waals surface area contributed by atoms with Gasteiger partial charge in [0.05, 0.1) is 0 Å². The molecule has 0 heterocycles. The summed E-state index contributed by atoms with van der Waals surface area (Å²) in [5, 5.41) is 0. The molecule has 0 N–H and O–H groups in total. The van der Waals surface area contributed by atoms with Gasteiger partial charge in [-0.3, -0.25) is 4.79 Å². The zero-order chi connectivity index (χ0) is 11.4. The summed E-state index contributed by atoms with van der Waals surface area (Å²) < 4.78 is 0. The lowest BCUT2D eigenvalue weighted by Crippen LogP contribution is -2.27. The molecule has 88 valence electrons. The average molecular weight is 210 g/mol. The summed E-state index contributed by atoms with van der Waals surface area (Å²) in [7, 11) is 0. The van der Waals surface area contributed by atoms with Crippen molar-refractivity contribution in [2.75, 3.05) is 0 Å². The summed E-state index contributed by atoms with van der Waals surface area (Å²) in [5.74, 6) is 2.43. The van der Waals surface area contributed by atoms with Crippen LogP contribution in [0.3, 0.4) is 0 Å². The maximum Gasteiger partial charge on any atom is 0.138 e. The maximum absolute atomic E-state index is 12.2. The van der Waals surface area contributed by atoms with Crippen LogP contribution in [0, 0.1) is 23.7 Å². The summed E-state index contributed by atoms with van der Waals surface area (Å²) in [6.07, 6.45) is 6.35. The van der Waals surface area contributed by atoms with E-state index < -0.39 is 0 Å².